The number of nitrogens with zero attached hydrogens (tertiary/aromatic N) is 2. The molecule has 0 unspecified atom stereocenters. The lowest BCUT2D eigenvalue weighted by Crippen LogP contribution is -2.33. The second-order valence-electron chi connectivity index (χ2n) is 5.29. The number of carbonyl (C=O) groups is 1. The summed E-state index contributed by atoms with van der Waals surface area (Å²) in [7, 11) is 0. The summed E-state index contributed by atoms with van der Waals surface area (Å²) in [4.78, 5) is 18.4. The number of halogens is 2. The monoisotopic (exact) mass is 345 g/mol. The maximum Gasteiger partial charge on any atom is 0.238 e. The quantitative estimate of drug-likeness (QED) is 0.817. The minimum absolute atomic E-state index is 0.0769. The number of aromatic nitrogens is 1. The van der Waals surface area contributed by atoms with Crippen LogP contribution in [0.1, 0.15) is 11.4 Å². The van der Waals surface area contributed by atoms with Gasteiger partial charge in [-0.2, -0.15) is 0 Å². The van der Waals surface area contributed by atoms with E-state index in [9.17, 15) is 9.18 Å². The largest absolute Gasteiger partial charge is 0.324 e. The van der Waals surface area contributed by atoms with Crippen LogP contribution in [0, 0.1) is 25.1 Å². The van der Waals surface area contributed by atoms with Gasteiger partial charge in [-0.05, 0) is 37.3 Å². The van der Waals surface area contributed by atoms with Crippen molar-refractivity contribution in [3.63, 3.8) is 0 Å². The molecule has 0 aliphatic rings. The predicted molar refractivity (Wildman–Crippen MR) is 93.1 cm³/mol. The van der Waals surface area contributed by atoms with Crippen molar-refractivity contribution in [1.29, 1.82) is 0 Å². The topological polar surface area (TPSA) is 45.2 Å². The third kappa shape index (κ3) is 5.34. The number of nitrogens with one attached hydrogen (secondary N) is 1. The second kappa shape index (κ2) is 8.44. The summed E-state index contributed by atoms with van der Waals surface area (Å²) in [6.07, 6.45) is 5.38. The molecule has 24 heavy (non-hydrogen) atoms. The molecule has 0 aliphatic heterocycles. The Balaban J connectivity index is 2.01. The molecule has 4 nitrogen and oxygen atoms in total. The highest BCUT2D eigenvalue weighted by Gasteiger charge is 2.13. The van der Waals surface area contributed by atoms with Crippen molar-refractivity contribution < 1.29 is 9.18 Å². The van der Waals surface area contributed by atoms with Crippen molar-refractivity contribution in [2.24, 2.45) is 0 Å². The predicted octanol–water partition coefficient (Wildman–Crippen LogP) is 3.26. The lowest BCUT2D eigenvalue weighted by atomic mass is 10.3. The van der Waals surface area contributed by atoms with Gasteiger partial charge in [0.25, 0.3) is 0 Å². The van der Waals surface area contributed by atoms with Gasteiger partial charge in [-0.25, -0.2) is 4.39 Å². The summed E-state index contributed by atoms with van der Waals surface area (Å²) in [5, 5.41) is 2.80. The van der Waals surface area contributed by atoms with Gasteiger partial charge in [0.15, 0.2) is 0 Å². The zero-order valence-electron chi connectivity index (χ0n) is 13.2. The molecule has 1 amide bonds. The van der Waals surface area contributed by atoms with Crippen molar-refractivity contribution >= 4 is 23.2 Å². The Hall–Kier alpha value is -2.42. The van der Waals surface area contributed by atoms with Crippen LogP contribution in [-0.2, 0) is 11.3 Å². The minimum atomic E-state index is -0.461. The molecule has 0 aliphatic carbocycles. The van der Waals surface area contributed by atoms with E-state index in [1.54, 1.807) is 4.90 Å². The summed E-state index contributed by atoms with van der Waals surface area (Å²) in [6, 6.07) is 9.49. The Morgan fingerprint density at radius 1 is 1.42 bits per heavy atom. The summed E-state index contributed by atoms with van der Waals surface area (Å²) < 4.78 is 13.0. The van der Waals surface area contributed by atoms with Crippen LogP contribution >= 0.6 is 11.6 Å². The number of anilines is 1. The van der Waals surface area contributed by atoms with Gasteiger partial charge in [-0.3, -0.25) is 14.7 Å². The Morgan fingerprint density at radius 2 is 2.21 bits per heavy atom. The molecule has 0 spiro atoms. The van der Waals surface area contributed by atoms with Gasteiger partial charge in [-0.15, -0.1) is 6.42 Å². The first-order valence-electron chi connectivity index (χ1n) is 7.31. The molecular formula is C18H17ClFN3O. The smallest absolute Gasteiger partial charge is 0.238 e. The van der Waals surface area contributed by atoms with E-state index in [1.807, 2.05) is 25.1 Å². The van der Waals surface area contributed by atoms with Crippen molar-refractivity contribution in [3.05, 3.63) is 58.6 Å². The van der Waals surface area contributed by atoms with Crippen LogP contribution < -0.4 is 5.32 Å². The van der Waals surface area contributed by atoms with E-state index in [4.69, 9.17) is 18.0 Å². The first-order chi connectivity index (χ1) is 11.5. The van der Waals surface area contributed by atoms with E-state index in [1.165, 1.54) is 12.1 Å². The van der Waals surface area contributed by atoms with Gasteiger partial charge in [-0.1, -0.05) is 23.6 Å². The van der Waals surface area contributed by atoms with Gasteiger partial charge >= 0.3 is 0 Å². The first-order valence-corrected chi connectivity index (χ1v) is 7.69. The third-order valence-electron chi connectivity index (χ3n) is 3.22. The number of aryl methyl sites for hydroxylation is 1. The van der Waals surface area contributed by atoms with E-state index >= 15 is 0 Å². The molecule has 1 aromatic heterocycles. The Morgan fingerprint density at radius 3 is 2.88 bits per heavy atom. The molecule has 0 saturated carbocycles. The van der Waals surface area contributed by atoms with Crippen LogP contribution in [0.5, 0.6) is 0 Å². The fourth-order valence-corrected chi connectivity index (χ4v) is 2.41. The summed E-state index contributed by atoms with van der Waals surface area (Å²) in [6.45, 7) is 2.74. The van der Waals surface area contributed by atoms with Crippen LogP contribution in [0.25, 0.3) is 0 Å². The Kier molecular flexibility index (Phi) is 6.30. The highest BCUT2D eigenvalue weighted by Crippen LogP contribution is 2.22. The summed E-state index contributed by atoms with van der Waals surface area (Å²) in [5.74, 6) is 1.79. The number of pyridine rings is 1. The van der Waals surface area contributed by atoms with Crippen LogP contribution in [0.15, 0.2) is 36.4 Å². The number of hydrogen-bond donors (Lipinski definition) is 1. The van der Waals surface area contributed by atoms with Crippen LogP contribution in [0.3, 0.4) is 0 Å². The minimum Gasteiger partial charge on any atom is -0.324 e. The Labute approximate surface area is 145 Å². The zero-order valence-corrected chi connectivity index (χ0v) is 14.0. The van der Waals surface area contributed by atoms with Crippen LogP contribution in [0.4, 0.5) is 10.1 Å². The van der Waals surface area contributed by atoms with Crippen molar-refractivity contribution in [3.8, 4) is 12.3 Å². The molecule has 0 fully saturated rings. The van der Waals surface area contributed by atoms with Gasteiger partial charge in [0.1, 0.15) is 5.82 Å². The van der Waals surface area contributed by atoms with Crippen molar-refractivity contribution in [2.45, 2.75) is 13.5 Å². The lowest BCUT2D eigenvalue weighted by molar-refractivity contribution is -0.117. The van der Waals surface area contributed by atoms with E-state index in [2.05, 4.69) is 16.2 Å². The molecule has 6 heteroatoms. The van der Waals surface area contributed by atoms with E-state index in [0.717, 1.165) is 17.5 Å². The van der Waals surface area contributed by atoms with Crippen LogP contribution in [-0.4, -0.2) is 28.9 Å². The number of benzene rings is 1. The maximum atomic E-state index is 13.0. The average Bonchev–Trinajstić information content (AvgIpc) is 2.50. The van der Waals surface area contributed by atoms with Gasteiger partial charge in [0.2, 0.25) is 5.91 Å². The van der Waals surface area contributed by atoms with Gasteiger partial charge in [0.05, 0.1) is 29.5 Å². The number of amides is 1. The van der Waals surface area contributed by atoms with E-state index in [0.29, 0.717) is 18.8 Å². The number of rotatable bonds is 6. The summed E-state index contributed by atoms with van der Waals surface area (Å²) in [5.41, 5.74) is 2.09. The third-order valence-corrected chi connectivity index (χ3v) is 3.53. The molecule has 2 aromatic rings. The zero-order chi connectivity index (χ0) is 17.5. The van der Waals surface area contributed by atoms with Crippen LogP contribution in [0.2, 0.25) is 5.02 Å². The Bertz CT molecular complexity index is 773. The fourth-order valence-electron chi connectivity index (χ4n) is 2.20. The van der Waals surface area contributed by atoms with Gasteiger partial charge < -0.3 is 5.32 Å². The first kappa shape index (κ1) is 17.9. The van der Waals surface area contributed by atoms with Gasteiger partial charge in [0, 0.05) is 12.2 Å². The second-order valence-corrected chi connectivity index (χ2v) is 5.70. The van der Waals surface area contributed by atoms with Crippen molar-refractivity contribution in [1.82, 2.24) is 9.88 Å². The lowest BCUT2D eigenvalue weighted by Gasteiger charge is -2.19. The maximum absolute atomic E-state index is 13.0. The molecule has 2 rings (SSSR count). The normalized spacial score (nSPS) is 10.5. The highest BCUT2D eigenvalue weighted by molar-refractivity contribution is 6.33. The molecule has 0 bridgehead atoms. The van der Waals surface area contributed by atoms with E-state index < -0.39 is 5.82 Å². The molecule has 0 radical (unpaired) electrons. The average molecular weight is 346 g/mol. The molecule has 1 aromatic carbocycles. The number of terminal acetylenes is 1. The SMILES string of the molecule is C#CCN(CC(=O)Nc1ccc(F)cc1Cl)Cc1cccc(C)n1. The molecule has 0 saturated heterocycles. The highest BCUT2D eigenvalue weighted by atomic mass is 35.5. The molecule has 1 N–H and O–H groups in total. The molecule has 1 heterocycles. The number of hydrogen-bond acceptors (Lipinski definition) is 3. The van der Waals surface area contributed by atoms with E-state index in [-0.39, 0.29) is 17.5 Å². The molecule has 0 atom stereocenters. The molecular weight excluding hydrogens is 329 g/mol. The molecule has 124 valence electrons. The van der Waals surface area contributed by atoms with Crippen molar-refractivity contribution in [2.75, 3.05) is 18.4 Å². The fraction of sp³-hybridized carbons (Fsp3) is 0.222. The number of carbonyl (C=O) groups excluding carboxylic acids is 1. The summed E-state index contributed by atoms with van der Waals surface area (Å²) >= 11 is 5.91. The standard InChI is InChI=1S/C18H17ClFN3O/c1-3-9-23(11-15-6-4-5-13(2)21-15)12-18(24)22-17-8-7-14(20)10-16(17)19/h1,4-8,10H,9,11-12H2,2H3,(H,22,24).